The van der Waals surface area contributed by atoms with E-state index in [1.807, 2.05) is 0 Å². The van der Waals surface area contributed by atoms with Gasteiger partial charge in [0.2, 0.25) is 0 Å². The van der Waals surface area contributed by atoms with Crippen molar-refractivity contribution in [3.63, 3.8) is 0 Å². The summed E-state index contributed by atoms with van der Waals surface area (Å²) in [7, 11) is 0. The van der Waals surface area contributed by atoms with Gasteiger partial charge in [0.05, 0.1) is 6.10 Å². The Morgan fingerprint density at radius 1 is 1.12 bits per heavy atom. The first-order valence-electron chi connectivity index (χ1n) is 7.69. The highest BCUT2D eigenvalue weighted by Gasteiger charge is 2.21. The Hall–Kier alpha value is -0.0800. The second-order valence-corrected chi connectivity index (χ2v) is 5.42. The molecule has 0 aromatic rings. The molecule has 1 aliphatic heterocycles. The molecule has 2 nitrogen and oxygen atoms in total. The van der Waals surface area contributed by atoms with E-state index in [9.17, 15) is 0 Å². The van der Waals surface area contributed by atoms with E-state index in [1.54, 1.807) is 0 Å². The summed E-state index contributed by atoms with van der Waals surface area (Å²) in [5.74, 6) is 0. The molecule has 0 radical (unpaired) electrons. The number of hydrogen-bond donors (Lipinski definition) is 1. The Morgan fingerprint density at radius 2 is 1.82 bits per heavy atom. The van der Waals surface area contributed by atoms with Gasteiger partial charge in [-0.05, 0) is 32.7 Å². The monoisotopic (exact) mass is 241 g/mol. The molecule has 0 amide bonds. The van der Waals surface area contributed by atoms with Crippen LogP contribution in [0.15, 0.2) is 0 Å². The van der Waals surface area contributed by atoms with Crippen LogP contribution < -0.4 is 5.32 Å². The van der Waals surface area contributed by atoms with Crippen molar-refractivity contribution < 1.29 is 4.74 Å². The van der Waals surface area contributed by atoms with Crippen LogP contribution in [0.1, 0.15) is 71.6 Å². The summed E-state index contributed by atoms with van der Waals surface area (Å²) in [6.07, 6.45) is 12.7. The number of nitrogens with one attached hydrogen (secondary N) is 1. The molecule has 2 heteroatoms. The van der Waals surface area contributed by atoms with E-state index in [2.05, 4.69) is 19.2 Å². The molecule has 1 heterocycles. The second-order valence-electron chi connectivity index (χ2n) is 5.42. The van der Waals surface area contributed by atoms with Crippen molar-refractivity contribution in [2.24, 2.45) is 0 Å². The van der Waals surface area contributed by atoms with Gasteiger partial charge >= 0.3 is 0 Å². The summed E-state index contributed by atoms with van der Waals surface area (Å²) in [5.41, 5.74) is 0. The van der Waals surface area contributed by atoms with Gasteiger partial charge in [0.15, 0.2) is 0 Å². The van der Waals surface area contributed by atoms with Crippen LogP contribution in [0.2, 0.25) is 0 Å². The van der Waals surface area contributed by atoms with Crippen LogP contribution in [0, 0.1) is 0 Å². The molecule has 1 N–H and O–H groups in total. The van der Waals surface area contributed by atoms with Gasteiger partial charge in [0, 0.05) is 12.6 Å². The molecular weight excluding hydrogens is 210 g/mol. The Labute approximate surface area is 108 Å². The topological polar surface area (TPSA) is 21.3 Å². The van der Waals surface area contributed by atoms with Crippen LogP contribution in [0.5, 0.6) is 0 Å². The van der Waals surface area contributed by atoms with Gasteiger partial charge in [-0.1, -0.05) is 45.4 Å². The summed E-state index contributed by atoms with van der Waals surface area (Å²) in [4.78, 5) is 0. The van der Waals surface area contributed by atoms with Crippen LogP contribution >= 0.6 is 0 Å². The third-order valence-electron chi connectivity index (χ3n) is 3.77. The maximum atomic E-state index is 5.67. The van der Waals surface area contributed by atoms with Crippen LogP contribution in [-0.4, -0.2) is 25.3 Å². The van der Waals surface area contributed by atoms with E-state index in [1.165, 1.54) is 57.8 Å². The predicted molar refractivity (Wildman–Crippen MR) is 74.4 cm³/mol. The van der Waals surface area contributed by atoms with Crippen molar-refractivity contribution in [2.45, 2.75) is 83.8 Å². The standard InChI is InChI=1S/C15H31NO/c1-3-4-5-6-7-8-9-12-16-14(2)15-11-10-13-17-15/h14-16H,3-13H2,1-2H3. The summed E-state index contributed by atoms with van der Waals surface area (Å²) in [6, 6.07) is 0.539. The molecule has 102 valence electrons. The first-order valence-corrected chi connectivity index (χ1v) is 7.69. The molecule has 1 rings (SSSR count). The third-order valence-corrected chi connectivity index (χ3v) is 3.77. The minimum atomic E-state index is 0.472. The van der Waals surface area contributed by atoms with E-state index < -0.39 is 0 Å². The van der Waals surface area contributed by atoms with E-state index in [0.29, 0.717) is 12.1 Å². The van der Waals surface area contributed by atoms with Crippen molar-refractivity contribution in [2.75, 3.05) is 13.2 Å². The van der Waals surface area contributed by atoms with Crippen molar-refractivity contribution >= 4 is 0 Å². The zero-order valence-corrected chi connectivity index (χ0v) is 11.8. The first kappa shape index (κ1) is 15.0. The van der Waals surface area contributed by atoms with Gasteiger partial charge in [0.1, 0.15) is 0 Å². The Kier molecular flexibility index (Phi) is 8.72. The molecule has 0 aromatic carbocycles. The summed E-state index contributed by atoms with van der Waals surface area (Å²) < 4.78 is 5.67. The minimum Gasteiger partial charge on any atom is -0.377 e. The van der Waals surface area contributed by atoms with Gasteiger partial charge in [-0.3, -0.25) is 0 Å². The highest BCUT2D eigenvalue weighted by atomic mass is 16.5. The normalized spacial score (nSPS) is 21.9. The molecule has 0 aliphatic carbocycles. The number of hydrogen-bond acceptors (Lipinski definition) is 2. The highest BCUT2D eigenvalue weighted by molar-refractivity contribution is 4.76. The number of unbranched alkanes of at least 4 members (excludes halogenated alkanes) is 6. The lowest BCUT2D eigenvalue weighted by Crippen LogP contribution is -2.37. The van der Waals surface area contributed by atoms with Crippen LogP contribution in [0.25, 0.3) is 0 Å². The largest absolute Gasteiger partial charge is 0.377 e. The lowest BCUT2D eigenvalue weighted by atomic mass is 10.1. The average molecular weight is 241 g/mol. The van der Waals surface area contributed by atoms with Crippen molar-refractivity contribution in [3.05, 3.63) is 0 Å². The van der Waals surface area contributed by atoms with Crippen LogP contribution in [0.4, 0.5) is 0 Å². The Balaban J connectivity index is 1.83. The lowest BCUT2D eigenvalue weighted by Gasteiger charge is -2.19. The van der Waals surface area contributed by atoms with Gasteiger partial charge in [-0.2, -0.15) is 0 Å². The second kappa shape index (κ2) is 9.90. The molecule has 1 aliphatic rings. The first-order chi connectivity index (χ1) is 8.34. The summed E-state index contributed by atoms with van der Waals surface area (Å²) in [6.45, 7) is 6.66. The van der Waals surface area contributed by atoms with Gasteiger partial charge in [-0.15, -0.1) is 0 Å². The predicted octanol–water partition coefficient (Wildman–Crippen LogP) is 3.89. The van der Waals surface area contributed by atoms with Gasteiger partial charge in [0.25, 0.3) is 0 Å². The SMILES string of the molecule is CCCCCCCCCNC(C)C1CCCO1. The maximum absolute atomic E-state index is 5.67. The molecule has 2 atom stereocenters. The molecule has 0 aromatic heterocycles. The molecule has 17 heavy (non-hydrogen) atoms. The van der Waals surface area contributed by atoms with Crippen molar-refractivity contribution in [1.82, 2.24) is 5.32 Å². The van der Waals surface area contributed by atoms with E-state index in [4.69, 9.17) is 4.74 Å². The minimum absolute atomic E-state index is 0.472. The molecule has 0 spiro atoms. The van der Waals surface area contributed by atoms with Gasteiger partial charge < -0.3 is 10.1 Å². The lowest BCUT2D eigenvalue weighted by molar-refractivity contribution is 0.0836. The van der Waals surface area contributed by atoms with Gasteiger partial charge in [-0.25, -0.2) is 0 Å². The number of ether oxygens (including phenoxy) is 1. The zero-order valence-electron chi connectivity index (χ0n) is 11.8. The van der Waals surface area contributed by atoms with E-state index in [0.717, 1.165) is 13.2 Å². The molecule has 1 saturated heterocycles. The smallest absolute Gasteiger partial charge is 0.0726 e. The fourth-order valence-corrected chi connectivity index (χ4v) is 2.54. The molecule has 2 unspecified atom stereocenters. The van der Waals surface area contributed by atoms with Crippen molar-refractivity contribution in [1.29, 1.82) is 0 Å². The fourth-order valence-electron chi connectivity index (χ4n) is 2.54. The molecule has 0 bridgehead atoms. The Morgan fingerprint density at radius 3 is 2.47 bits per heavy atom. The van der Waals surface area contributed by atoms with Crippen LogP contribution in [0.3, 0.4) is 0 Å². The van der Waals surface area contributed by atoms with E-state index in [-0.39, 0.29) is 0 Å². The summed E-state index contributed by atoms with van der Waals surface area (Å²) >= 11 is 0. The van der Waals surface area contributed by atoms with Crippen LogP contribution in [-0.2, 0) is 4.74 Å². The van der Waals surface area contributed by atoms with E-state index >= 15 is 0 Å². The van der Waals surface area contributed by atoms with Crippen molar-refractivity contribution in [3.8, 4) is 0 Å². The Bertz CT molecular complexity index is 166. The molecule has 0 saturated carbocycles. The maximum Gasteiger partial charge on any atom is 0.0726 e. The fraction of sp³-hybridized carbons (Fsp3) is 1.00. The highest BCUT2D eigenvalue weighted by Crippen LogP contribution is 2.15. The number of rotatable bonds is 10. The zero-order chi connectivity index (χ0) is 12.3. The quantitative estimate of drug-likeness (QED) is 0.586. The summed E-state index contributed by atoms with van der Waals surface area (Å²) in [5, 5.41) is 3.60. The molecular formula is C15H31NO. The average Bonchev–Trinajstić information content (AvgIpc) is 2.86. The molecule has 1 fully saturated rings. The third kappa shape index (κ3) is 7.05.